The molecule has 1 atom stereocenters. The Bertz CT molecular complexity index is 701. The molecule has 1 aliphatic heterocycles. The second-order valence-electron chi connectivity index (χ2n) is 6.55. The summed E-state index contributed by atoms with van der Waals surface area (Å²) < 4.78 is 25.9. The summed E-state index contributed by atoms with van der Waals surface area (Å²) in [5.74, 6) is -0.526. The number of hydrogen-bond acceptors (Lipinski definition) is 2. The Balaban J connectivity index is 1.50. The van der Waals surface area contributed by atoms with Gasteiger partial charge in [-0.25, -0.2) is 8.78 Å². The number of nitrogens with zero attached hydrogens (tertiary/aromatic N) is 1. The molecule has 25 heavy (non-hydrogen) atoms. The van der Waals surface area contributed by atoms with E-state index in [0.29, 0.717) is 13.1 Å². The largest absolute Gasteiger partial charge is 0.352 e. The molecule has 5 heteroatoms. The molecule has 0 aromatic heterocycles. The van der Waals surface area contributed by atoms with E-state index in [4.69, 9.17) is 0 Å². The number of likely N-dealkylation sites (tertiary alicyclic amines) is 1. The van der Waals surface area contributed by atoms with E-state index in [1.54, 1.807) is 24.3 Å². The Kier molecular flexibility index (Phi) is 5.76. The van der Waals surface area contributed by atoms with Crippen molar-refractivity contribution in [1.29, 1.82) is 0 Å². The number of carbonyl (C=O) groups is 1. The summed E-state index contributed by atoms with van der Waals surface area (Å²) in [4.78, 5) is 14.7. The molecular weight excluding hydrogens is 322 g/mol. The molecule has 1 saturated heterocycles. The summed E-state index contributed by atoms with van der Waals surface area (Å²) in [5, 5.41) is 2.94. The Labute approximate surface area is 146 Å². The second-order valence-corrected chi connectivity index (χ2v) is 6.55. The second kappa shape index (κ2) is 8.21. The van der Waals surface area contributed by atoms with E-state index in [-0.39, 0.29) is 23.5 Å². The molecular formula is C20H22F2N2O. The summed E-state index contributed by atoms with van der Waals surface area (Å²) in [6.07, 6.45) is 1.84. The summed E-state index contributed by atoms with van der Waals surface area (Å²) in [6.45, 7) is 2.78. The van der Waals surface area contributed by atoms with Gasteiger partial charge in [0, 0.05) is 19.6 Å². The number of amides is 1. The first kappa shape index (κ1) is 17.5. The van der Waals surface area contributed by atoms with Gasteiger partial charge >= 0.3 is 0 Å². The van der Waals surface area contributed by atoms with Crippen molar-refractivity contribution in [2.45, 2.75) is 25.9 Å². The molecule has 2 aromatic rings. The van der Waals surface area contributed by atoms with Crippen LogP contribution >= 0.6 is 0 Å². The number of rotatable bonds is 5. The highest BCUT2D eigenvalue weighted by atomic mass is 19.1. The molecule has 1 amide bonds. The van der Waals surface area contributed by atoms with Crippen LogP contribution in [0.3, 0.4) is 0 Å². The van der Waals surface area contributed by atoms with E-state index < -0.39 is 0 Å². The SMILES string of the molecule is O=C(NCc1ccc(F)cc1)[C@H]1CCCN(Cc2ccc(F)cc2)C1. The third-order valence-electron chi connectivity index (χ3n) is 4.58. The van der Waals surface area contributed by atoms with Gasteiger partial charge in [-0.2, -0.15) is 0 Å². The van der Waals surface area contributed by atoms with Crippen LogP contribution in [0.25, 0.3) is 0 Å². The molecule has 0 saturated carbocycles. The molecule has 3 nitrogen and oxygen atoms in total. The third kappa shape index (κ3) is 5.10. The highest BCUT2D eigenvalue weighted by Gasteiger charge is 2.25. The van der Waals surface area contributed by atoms with Gasteiger partial charge in [0.05, 0.1) is 5.92 Å². The first-order valence-electron chi connectivity index (χ1n) is 8.59. The molecule has 0 radical (unpaired) electrons. The van der Waals surface area contributed by atoms with Crippen molar-refractivity contribution < 1.29 is 13.6 Å². The maximum atomic E-state index is 13.0. The summed E-state index contributed by atoms with van der Waals surface area (Å²) in [7, 11) is 0. The minimum atomic E-state index is -0.279. The van der Waals surface area contributed by atoms with Gasteiger partial charge in [0.2, 0.25) is 5.91 Å². The van der Waals surface area contributed by atoms with Crippen LogP contribution < -0.4 is 5.32 Å². The van der Waals surface area contributed by atoms with Crippen LogP contribution in [0, 0.1) is 17.6 Å². The molecule has 0 unspecified atom stereocenters. The Morgan fingerprint density at radius 1 is 1.00 bits per heavy atom. The molecule has 1 aliphatic rings. The van der Waals surface area contributed by atoms with E-state index in [1.165, 1.54) is 24.3 Å². The zero-order valence-corrected chi connectivity index (χ0v) is 14.1. The molecule has 1 heterocycles. The highest BCUT2D eigenvalue weighted by Crippen LogP contribution is 2.19. The maximum Gasteiger partial charge on any atom is 0.224 e. The van der Waals surface area contributed by atoms with Crippen LogP contribution in [0.1, 0.15) is 24.0 Å². The average molecular weight is 344 g/mol. The molecule has 132 valence electrons. The van der Waals surface area contributed by atoms with Crippen LogP contribution in [0.5, 0.6) is 0 Å². The van der Waals surface area contributed by atoms with E-state index in [9.17, 15) is 13.6 Å². The fourth-order valence-corrected chi connectivity index (χ4v) is 3.20. The topological polar surface area (TPSA) is 32.3 Å². The van der Waals surface area contributed by atoms with Gasteiger partial charge in [-0.3, -0.25) is 9.69 Å². The average Bonchev–Trinajstić information content (AvgIpc) is 2.63. The summed E-state index contributed by atoms with van der Waals surface area (Å²) in [6, 6.07) is 12.6. The normalized spacial score (nSPS) is 18.1. The number of piperidine rings is 1. The van der Waals surface area contributed by atoms with Crippen molar-refractivity contribution in [2.75, 3.05) is 13.1 Å². The van der Waals surface area contributed by atoms with Gasteiger partial charge < -0.3 is 5.32 Å². The zero-order chi connectivity index (χ0) is 17.6. The number of benzene rings is 2. The Hall–Kier alpha value is -2.27. The molecule has 0 bridgehead atoms. The molecule has 0 aliphatic carbocycles. The van der Waals surface area contributed by atoms with Gasteiger partial charge in [-0.05, 0) is 54.8 Å². The zero-order valence-electron chi connectivity index (χ0n) is 14.1. The van der Waals surface area contributed by atoms with E-state index >= 15 is 0 Å². The van der Waals surface area contributed by atoms with Gasteiger partial charge in [-0.15, -0.1) is 0 Å². The Morgan fingerprint density at radius 2 is 1.60 bits per heavy atom. The van der Waals surface area contributed by atoms with Gasteiger partial charge in [0.15, 0.2) is 0 Å². The van der Waals surface area contributed by atoms with Crippen molar-refractivity contribution in [3.8, 4) is 0 Å². The maximum absolute atomic E-state index is 13.0. The monoisotopic (exact) mass is 344 g/mol. The smallest absolute Gasteiger partial charge is 0.224 e. The summed E-state index contributed by atoms with van der Waals surface area (Å²) in [5.41, 5.74) is 1.93. The van der Waals surface area contributed by atoms with Crippen molar-refractivity contribution in [1.82, 2.24) is 10.2 Å². The molecule has 3 rings (SSSR count). The van der Waals surface area contributed by atoms with Gasteiger partial charge in [0.25, 0.3) is 0 Å². The number of carbonyl (C=O) groups excluding carboxylic acids is 1. The lowest BCUT2D eigenvalue weighted by Gasteiger charge is -2.32. The first-order chi connectivity index (χ1) is 12.1. The lowest BCUT2D eigenvalue weighted by atomic mass is 9.96. The quantitative estimate of drug-likeness (QED) is 0.900. The number of halogens is 2. The van der Waals surface area contributed by atoms with Crippen LogP contribution in [0.15, 0.2) is 48.5 Å². The Morgan fingerprint density at radius 3 is 2.24 bits per heavy atom. The first-order valence-corrected chi connectivity index (χ1v) is 8.59. The van der Waals surface area contributed by atoms with Gasteiger partial charge in [-0.1, -0.05) is 24.3 Å². The minimum absolute atomic E-state index is 0.0353. The lowest BCUT2D eigenvalue weighted by Crippen LogP contribution is -2.42. The lowest BCUT2D eigenvalue weighted by molar-refractivity contribution is -0.126. The fraction of sp³-hybridized carbons (Fsp3) is 0.350. The molecule has 2 aromatic carbocycles. The van der Waals surface area contributed by atoms with E-state index in [0.717, 1.165) is 37.1 Å². The van der Waals surface area contributed by atoms with Crippen LogP contribution in [-0.4, -0.2) is 23.9 Å². The summed E-state index contributed by atoms with van der Waals surface area (Å²) >= 11 is 0. The molecule has 1 fully saturated rings. The fourth-order valence-electron chi connectivity index (χ4n) is 3.20. The third-order valence-corrected chi connectivity index (χ3v) is 4.58. The highest BCUT2D eigenvalue weighted by molar-refractivity contribution is 5.78. The van der Waals surface area contributed by atoms with Crippen LogP contribution in [0.4, 0.5) is 8.78 Å². The predicted octanol–water partition coefficient (Wildman–Crippen LogP) is 3.49. The minimum Gasteiger partial charge on any atom is -0.352 e. The number of nitrogens with one attached hydrogen (secondary N) is 1. The predicted molar refractivity (Wildman–Crippen MR) is 92.6 cm³/mol. The molecule has 1 N–H and O–H groups in total. The number of hydrogen-bond donors (Lipinski definition) is 1. The standard InChI is InChI=1S/C20H22F2N2O/c21-18-7-3-15(4-8-18)12-23-20(25)17-2-1-11-24(14-17)13-16-5-9-19(22)10-6-16/h3-10,17H,1-2,11-14H2,(H,23,25)/t17-/m0/s1. The van der Waals surface area contributed by atoms with Crippen molar-refractivity contribution >= 4 is 5.91 Å². The van der Waals surface area contributed by atoms with Crippen LogP contribution in [-0.2, 0) is 17.9 Å². The van der Waals surface area contributed by atoms with Crippen LogP contribution in [0.2, 0.25) is 0 Å². The van der Waals surface area contributed by atoms with Crippen molar-refractivity contribution in [3.05, 3.63) is 71.3 Å². The molecule has 0 spiro atoms. The van der Waals surface area contributed by atoms with Gasteiger partial charge in [0.1, 0.15) is 11.6 Å². The van der Waals surface area contributed by atoms with Crippen molar-refractivity contribution in [2.24, 2.45) is 5.92 Å². The van der Waals surface area contributed by atoms with Crippen molar-refractivity contribution in [3.63, 3.8) is 0 Å². The van der Waals surface area contributed by atoms with E-state index in [1.807, 2.05) is 0 Å². The van der Waals surface area contributed by atoms with E-state index in [2.05, 4.69) is 10.2 Å².